The van der Waals surface area contributed by atoms with Crippen molar-refractivity contribution in [2.24, 2.45) is 17.8 Å². The third-order valence-corrected chi connectivity index (χ3v) is 9.02. The SMILES string of the molecule is O=C(C1CCN(S(=O)(=O)c2ccc(Cl)cc2)CC1)N1CC[C@@H]2CCCC[C@H]2C1. The fourth-order valence-corrected chi connectivity index (χ4v) is 6.75. The molecule has 2 saturated heterocycles. The van der Waals surface area contributed by atoms with E-state index < -0.39 is 10.0 Å². The lowest BCUT2D eigenvalue weighted by Crippen LogP contribution is -2.49. The van der Waals surface area contributed by atoms with Crippen LogP contribution >= 0.6 is 11.6 Å². The van der Waals surface area contributed by atoms with E-state index >= 15 is 0 Å². The predicted molar refractivity (Wildman–Crippen MR) is 110 cm³/mol. The molecule has 0 N–H and O–H groups in total. The number of sulfonamides is 1. The zero-order valence-electron chi connectivity index (χ0n) is 16.2. The summed E-state index contributed by atoms with van der Waals surface area (Å²) >= 11 is 5.87. The second kappa shape index (κ2) is 8.33. The van der Waals surface area contributed by atoms with Crippen LogP contribution in [0, 0.1) is 17.8 Å². The molecule has 3 fully saturated rings. The largest absolute Gasteiger partial charge is 0.342 e. The Hall–Kier alpha value is -1.11. The van der Waals surface area contributed by atoms with Crippen LogP contribution in [0.25, 0.3) is 0 Å². The normalized spacial score (nSPS) is 27.4. The first-order valence-corrected chi connectivity index (χ1v) is 12.3. The molecule has 4 rings (SSSR count). The van der Waals surface area contributed by atoms with Gasteiger partial charge in [-0.25, -0.2) is 8.42 Å². The van der Waals surface area contributed by atoms with Crippen molar-refractivity contribution in [3.8, 4) is 0 Å². The van der Waals surface area contributed by atoms with Gasteiger partial charge in [0, 0.05) is 37.1 Å². The lowest BCUT2D eigenvalue weighted by atomic mass is 9.75. The number of piperidine rings is 2. The van der Waals surface area contributed by atoms with E-state index in [0.717, 1.165) is 25.4 Å². The summed E-state index contributed by atoms with van der Waals surface area (Å²) in [5.74, 6) is 1.69. The van der Waals surface area contributed by atoms with Gasteiger partial charge in [0.1, 0.15) is 0 Å². The molecule has 3 aliphatic rings. The molecular weight excluding hydrogens is 396 g/mol. The summed E-state index contributed by atoms with van der Waals surface area (Å²) in [6.07, 6.45) is 7.58. The van der Waals surface area contributed by atoms with Gasteiger partial charge in [-0.3, -0.25) is 4.79 Å². The maximum Gasteiger partial charge on any atom is 0.243 e. The number of amides is 1. The van der Waals surface area contributed by atoms with Crippen LogP contribution in [0.4, 0.5) is 0 Å². The summed E-state index contributed by atoms with van der Waals surface area (Å²) < 4.78 is 27.2. The summed E-state index contributed by atoms with van der Waals surface area (Å²) in [5, 5.41) is 0.519. The van der Waals surface area contributed by atoms with Crippen LogP contribution in [0.1, 0.15) is 44.9 Å². The highest BCUT2D eigenvalue weighted by Crippen LogP contribution is 2.37. The molecule has 2 atom stereocenters. The van der Waals surface area contributed by atoms with Gasteiger partial charge < -0.3 is 4.90 Å². The first kappa shape index (κ1) is 20.2. The van der Waals surface area contributed by atoms with Crippen molar-refractivity contribution >= 4 is 27.5 Å². The smallest absolute Gasteiger partial charge is 0.243 e. The van der Waals surface area contributed by atoms with Crippen LogP contribution in [0.2, 0.25) is 5.02 Å². The van der Waals surface area contributed by atoms with E-state index in [1.165, 1.54) is 30.0 Å². The zero-order chi connectivity index (χ0) is 19.7. The molecule has 1 amide bonds. The Morgan fingerprint density at radius 1 is 0.893 bits per heavy atom. The third kappa shape index (κ3) is 4.10. The Morgan fingerprint density at radius 3 is 2.21 bits per heavy atom. The van der Waals surface area contributed by atoms with Gasteiger partial charge in [-0.2, -0.15) is 4.31 Å². The Balaban J connectivity index is 1.34. The molecule has 1 aromatic carbocycles. The van der Waals surface area contributed by atoms with Crippen molar-refractivity contribution in [2.45, 2.75) is 49.8 Å². The molecule has 28 heavy (non-hydrogen) atoms. The summed E-state index contributed by atoms with van der Waals surface area (Å²) in [7, 11) is -3.52. The van der Waals surface area contributed by atoms with E-state index in [2.05, 4.69) is 4.90 Å². The fraction of sp³-hybridized carbons (Fsp3) is 0.667. The Kier molecular flexibility index (Phi) is 6.00. The molecule has 1 saturated carbocycles. The topological polar surface area (TPSA) is 57.7 Å². The number of carbonyl (C=O) groups excluding carboxylic acids is 1. The van der Waals surface area contributed by atoms with Crippen LogP contribution in [0.15, 0.2) is 29.2 Å². The third-order valence-electron chi connectivity index (χ3n) is 6.86. The number of rotatable bonds is 3. The number of nitrogens with zero attached hydrogens (tertiary/aromatic N) is 2. The van der Waals surface area contributed by atoms with Gasteiger partial charge in [0.25, 0.3) is 0 Å². The molecule has 0 radical (unpaired) electrons. The molecule has 2 heterocycles. The van der Waals surface area contributed by atoms with Crippen molar-refractivity contribution in [1.29, 1.82) is 0 Å². The van der Waals surface area contributed by atoms with E-state index in [4.69, 9.17) is 11.6 Å². The van der Waals surface area contributed by atoms with Gasteiger partial charge >= 0.3 is 0 Å². The average Bonchev–Trinajstić information content (AvgIpc) is 2.73. The van der Waals surface area contributed by atoms with Crippen LogP contribution < -0.4 is 0 Å². The number of benzene rings is 1. The number of likely N-dealkylation sites (tertiary alicyclic amines) is 1. The lowest BCUT2D eigenvalue weighted by Gasteiger charge is -2.43. The molecule has 0 spiro atoms. The van der Waals surface area contributed by atoms with Gasteiger partial charge in [0.15, 0.2) is 0 Å². The minimum absolute atomic E-state index is 0.0446. The van der Waals surface area contributed by atoms with Gasteiger partial charge in [-0.15, -0.1) is 0 Å². The maximum absolute atomic E-state index is 13.0. The van der Waals surface area contributed by atoms with Crippen molar-refractivity contribution in [3.63, 3.8) is 0 Å². The van der Waals surface area contributed by atoms with E-state index in [0.29, 0.717) is 36.9 Å². The van der Waals surface area contributed by atoms with Crippen LogP contribution in [-0.4, -0.2) is 49.7 Å². The van der Waals surface area contributed by atoms with Gasteiger partial charge in [-0.1, -0.05) is 30.9 Å². The second-order valence-electron chi connectivity index (χ2n) is 8.51. The lowest BCUT2D eigenvalue weighted by molar-refractivity contribution is -0.139. The average molecular weight is 425 g/mol. The van der Waals surface area contributed by atoms with Crippen molar-refractivity contribution in [1.82, 2.24) is 9.21 Å². The number of halogens is 1. The molecule has 5 nitrogen and oxygen atoms in total. The molecule has 0 aromatic heterocycles. The highest BCUT2D eigenvalue weighted by atomic mass is 35.5. The first-order valence-electron chi connectivity index (χ1n) is 10.5. The van der Waals surface area contributed by atoms with Crippen LogP contribution in [0.3, 0.4) is 0 Å². The molecular formula is C21H29ClN2O3S. The molecule has 7 heteroatoms. The first-order chi connectivity index (χ1) is 13.4. The van der Waals surface area contributed by atoms with E-state index in [9.17, 15) is 13.2 Å². The Morgan fingerprint density at radius 2 is 1.54 bits per heavy atom. The predicted octanol–water partition coefficient (Wildman–Crippen LogP) is 3.78. The van der Waals surface area contributed by atoms with Gasteiger partial charge in [0.2, 0.25) is 15.9 Å². The van der Waals surface area contributed by atoms with E-state index in [1.54, 1.807) is 24.3 Å². The number of hydrogen-bond donors (Lipinski definition) is 0. The molecule has 154 valence electrons. The van der Waals surface area contributed by atoms with Crippen LogP contribution in [0.5, 0.6) is 0 Å². The fourth-order valence-electron chi connectivity index (χ4n) is 5.16. The quantitative estimate of drug-likeness (QED) is 0.741. The van der Waals surface area contributed by atoms with Gasteiger partial charge in [-0.05, 0) is 61.8 Å². The second-order valence-corrected chi connectivity index (χ2v) is 10.9. The molecule has 1 aliphatic carbocycles. The number of carbonyl (C=O) groups is 1. The van der Waals surface area contributed by atoms with E-state index in [1.807, 2.05) is 0 Å². The molecule has 1 aromatic rings. The highest BCUT2D eigenvalue weighted by molar-refractivity contribution is 7.89. The summed E-state index contributed by atoms with van der Waals surface area (Å²) in [6.45, 7) is 2.60. The Labute approximate surface area is 173 Å². The summed E-state index contributed by atoms with van der Waals surface area (Å²) in [5.41, 5.74) is 0. The van der Waals surface area contributed by atoms with Crippen molar-refractivity contribution in [2.75, 3.05) is 26.2 Å². The van der Waals surface area contributed by atoms with Gasteiger partial charge in [0.05, 0.1) is 4.90 Å². The molecule has 0 unspecified atom stereocenters. The van der Waals surface area contributed by atoms with Crippen molar-refractivity contribution in [3.05, 3.63) is 29.3 Å². The minimum atomic E-state index is -3.52. The zero-order valence-corrected chi connectivity index (χ0v) is 17.8. The standard InChI is InChI=1S/C21H29ClN2O3S/c22-19-5-7-20(8-6-19)28(26,27)24-13-10-17(11-14-24)21(25)23-12-9-16-3-1-2-4-18(16)15-23/h5-8,16-18H,1-4,9-15H2/t16-,18-/m0/s1. The highest BCUT2D eigenvalue weighted by Gasteiger charge is 2.37. The number of fused-ring (bicyclic) bond motifs is 1. The molecule has 0 bridgehead atoms. The minimum Gasteiger partial charge on any atom is -0.342 e. The molecule has 2 aliphatic heterocycles. The number of hydrogen-bond acceptors (Lipinski definition) is 3. The van der Waals surface area contributed by atoms with E-state index in [-0.39, 0.29) is 16.7 Å². The maximum atomic E-state index is 13.0. The Bertz CT molecular complexity index is 803. The monoisotopic (exact) mass is 424 g/mol. The van der Waals surface area contributed by atoms with Crippen LogP contribution in [-0.2, 0) is 14.8 Å². The van der Waals surface area contributed by atoms with Crippen molar-refractivity contribution < 1.29 is 13.2 Å². The summed E-state index contributed by atoms with van der Waals surface area (Å²) in [4.78, 5) is 15.4. The summed E-state index contributed by atoms with van der Waals surface area (Å²) in [6, 6.07) is 6.28.